The molecule has 174 valence electrons. The van der Waals surface area contributed by atoms with Gasteiger partial charge in [-0.3, -0.25) is 0 Å². The van der Waals surface area contributed by atoms with E-state index >= 15 is 0 Å². The van der Waals surface area contributed by atoms with Crippen LogP contribution >= 0.6 is 0 Å². The molecule has 8 nitrogen and oxygen atoms in total. The maximum atomic E-state index is 13.2. The van der Waals surface area contributed by atoms with Crippen molar-refractivity contribution in [2.45, 2.75) is 38.1 Å². The highest BCUT2D eigenvalue weighted by molar-refractivity contribution is 5.90. The first-order chi connectivity index (χ1) is 16.1. The van der Waals surface area contributed by atoms with E-state index in [9.17, 15) is 9.18 Å². The van der Waals surface area contributed by atoms with Crippen molar-refractivity contribution in [3.05, 3.63) is 59.9 Å². The second-order valence-electron chi connectivity index (χ2n) is 8.54. The van der Waals surface area contributed by atoms with E-state index in [0.29, 0.717) is 17.4 Å². The van der Waals surface area contributed by atoms with E-state index in [1.165, 1.54) is 12.1 Å². The van der Waals surface area contributed by atoms with E-state index in [2.05, 4.69) is 31.5 Å². The molecule has 2 atom stereocenters. The first kappa shape index (κ1) is 22.8. The fourth-order valence-electron chi connectivity index (χ4n) is 4.37. The number of anilines is 1. The van der Waals surface area contributed by atoms with Gasteiger partial charge in [-0.25, -0.2) is 13.9 Å². The largest absolute Gasteiger partial charge is 0.335 e. The van der Waals surface area contributed by atoms with Crippen LogP contribution in [0.15, 0.2) is 48.5 Å². The molecule has 0 saturated carbocycles. The molecule has 0 radical (unpaired) electrons. The van der Waals surface area contributed by atoms with Crippen molar-refractivity contribution < 1.29 is 9.18 Å². The van der Waals surface area contributed by atoms with E-state index in [4.69, 9.17) is 0 Å². The molecule has 33 heavy (non-hydrogen) atoms. The van der Waals surface area contributed by atoms with Crippen molar-refractivity contribution in [1.29, 1.82) is 0 Å². The number of rotatable bonds is 8. The van der Waals surface area contributed by atoms with E-state index in [1.54, 1.807) is 11.7 Å². The monoisotopic (exact) mass is 451 g/mol. The molecular weight excluding hydrogens is 421 g/mol. The Kier molecular flexibility index (Phi) is 7.62. The number of hydrogen-bond donors (Lipinski definition) is 3. The Morgan fingerprint density at radius 1 is 1.27 bits per heavy atom. The summed E-state index contributed by atoms with van der Waals surface area (Å²) in [7, 11) is 1.77. The predicted molar refractivity (Wildman–Crippen MR) is 125 cm³/mol. The molecule has 2 aromatic carbocycles. The molecule has 1 aliphatic heterocycles. The zero-order valence-electron chi connectivity index (χ0n) is 18.8. The zero-order chi connectivity index (χ0) is 23.0. The molecular formula is C24H30FN7O. The van der Waals surface area contributed by atoms with Gasteiger partial charge in [0.15, 0.2) is 5.82 Å². The maximum Gasteiger partial charge on any atom is 0.319 e. The third-order valence-corrected chi connectivity index (χ3v) is 6.11. The second-order valence-corrected chi connectivity index (χ2v) is 8.54. The number of urea groups is 1. The highest BCUT2D eigenvalue weighted by atomic mass is 19.1. The van der Waals surface area contributed by atoms with Crippen LogP contribution < -0.4 is 16.0 Å². The van der Waals surface area contributed by atoms with Crippen LogP contribution in [0.5, 0.6) is 0 Å². The first-order valence-corrected chi connectivity index (χ1v) is 11.4. The molecule has 1 saturated heterocycles. The van der Waals surface area contributed by atoms with E-state index < -0.39 is 0 Å². The number of aromatic nitrogens is 4. The minimum atomic E-state index is -0.222. The Labute approximate surface area is 193 Å². The van der Waals surface area contributed by atoms with Crippen LogP contribution in [0.25, 0.3) is 11.4 Å². The van der Waals surface area contributed by atoms with Gasteiger partial charge in [-0.15, -0.1) is 5.10 Å². The third kappa shape index (κ3) is 6.35. The topological polar surface area (TPSA) is 96.8 Å². The molecule has 3 aromatic rings. The van der Waals surface area contributed by atoms with Crippen LogP contribution in [0.1, 0.15) is 31.2 Å². The Balaban J connectivity index is 1.37. The molecule has 1 aliphatic rings. The molecule has 1 fully saturated rings. The van der Waals surface area contributed by atoms with Crippen LogP contribution in [0.4, 0.5) is 14.9 Å². The van der Waals surface area contributed by atoms with Crippen LogP contribution in [-0.4, -0.2) is 45.4 Å². The molecule has 0 aliphatic carbocycles. The zero-order valence-corrected chi connectivity index (χ0v) is 18.8. The van der Waals surface area contributed by atoms with Gasteiger partial charge in [-0.2, -0.15) is 0 Å². The van der Waals surface area contributed by atoms with Gasteiger partial charge in [0, 0.05) is 24.3 Å². The molecule has 4 rings (SSSR count). The Bertz CT molecular complexity index is 1050. The van der Waals surface area contributed by atoms with Gasteiger partial charge >= 0.3 is 6.03 Å². The lowest BCUT2D eigenvalue weighted by Gasteiger charge is -2.31. The molecule has 2 amide bonds. The molecule has 3 N–H and O–H groups in total. The van der Waals surface area contributed by atoms with Gasteiger partial charge in [0.05, 0.1) is 0 Å². The quantitative estimate of drug-likeness (QED) is 0.487. The Hall–Kier alpha value is -3.33. The fraction of sp³-hybridized carbons (Fsp3) is 0.417. The molecule has 2 heterocycles. The number of hydrogen-bond acceptors (Lipinski definition) is 5. The summed E-state index contributed by atoms with van der Waals surface area (Å²) < 4.78 is 14.7. The molecule has 1 aromatic heterocycles. The average molecular weight is 452 g/mol. The predicted octanol–water partition coefficient (Wildman–Crippen LogP) is 3.53. The van der Waals surface area contributed by atoms with Crippen molar-refractivity contribution >= 4 is 11.7 Å². The SMILES string of the molecule is Cn1nnnc1-c1cccc(NC(=O)NC(CCCc2ccc(F)cc2)C2CCCNC2)c1. The minimum absolute atomic E-state index is 0.0596. The normalized spacial score (nSPS) is 16.8. The summed E-state index contributed by atoms with van der Waals surface area (Å²) in [4.78, 5) is 12.9. The van der Waals surface area contributed by atoms with Gasteiger partial charge in [0.25, 0.3) is 0 Å². The van der Waals surface area contributed by atoms with Gasteiger partial charge in [0.2, 0.25) is 0 Å². The van der Waals surface area contributed by atoms with Gasteiger partial charge < -0.3 is 16.0 Å². The molecule has 2 unspecified atom stereocenters. The number of piperidine rings is 1. The number of nitrogens with zero attached hydrogens (tertiary/aromatic N) is 4. The molecule has 0 spiro atoms. The van der Waals surface area contributed by atoms with Crippen LogP contribution in [0.3, 0.4) is 0 Å². The summed E-state index contributed by atoms with van der Waals surface area (Å²) in [5.41, 5.74) is 2.61. The average Bonchev–Trinajstić information content (AvgIpc) is 3.26. The number of nitrogens with one attached hydrogen (secondary N) is 3. The fourth-order valence-corrected chi connectivity index (χ4v) is 4.37. The third-order valence-electron chi connectivity index (χ3n) is 6.11. The van der Waals surface area contributed by atoms with Gasteiger partial charge in [-0.1, -0.05) is 24.3 Å². The highest BCUT2D eigenvalue weighted by Gasteiger charge is 2.25. The lowest BCUT2D eigenvalue weighted by molar-refractivity contribution is 0.231. The first-order valence-electron chi connectivity index (χ1n) is 11.4. The molecule has 0 bridgehead atoms. The maximum absolute atomic E-state index is 13.2. The van der Waals surface area contributed by atoms with E-state index in [-0.39, 0.29) is 17.9 Å². The van der Waals surface area contributed by atoms with E-state index in [0.717, 1.165) is 56.3 Å². The van der Waals surface area contributed by atoms with Crippen molar-refractivity contribution in [2.24, 2.45) is 13.0 Å². The second kappa shape index (κ2) is 11.0. The minimum Gasteiger partial charge on any atom is -0.335 e. The lowest BCUT2D eigenvalue weighted by Crippen LogP contribution is -2.47. The number of carbonyl (C=O) groups is 1. The number of halogens is 1. The van der Waals surface area contributed by atoms with Crippen molar-refractivity contribution in [1.82, 2.24) is 30.8 Å². The summed E-state index contributed by atoms with van der Waals surface area (Å²) in [5, 5.41) is 21.2. The summed E-state index contributed by atoms with van der Waals surface area (Å²) in [6, 6.07) is 14.0. The standard InChI is InChI=1S/C24H30FN7O/c1-32-23(29-30-31-32)18-6-3-8-21(15-18)27-24(33)28-22(19-7-4-14-26-16-19)9-2-5-17-10-12-20(25)13-11-17/h3,6,8,10-13,15,19,22,26H,2,4-5,7,9,14,16H2,1H3,(H2,27,28,33). The number of carbonyl (C=O) groups excluding carboxylic acids is 1. The van der Waals surface area contributed by atoms with Gasteiger partial charge in [0.1, 0.15) is 5.82 Å². The van der Waals surface area contributed by atoms with Crippen molar-refractivity contribution in [3.8, 4) is 11.4 Å². The number of benzene rings is 2. The highest BCUT2D eigenvalue weighted by Crippen LogP contribution is 2.21. The summed E-state index contributed by atoms with van der Waals surface area (Å²) in [6.07, 6.45) is 4.83. The van der Waals surface area contributed by atoms with Crippen LogP contribution in [0, 0.1) is 11.7 Å². The lowest BCUT2D eigenvalue weighted by atomic mass is 9.88. The molecule has 9 heteroatoms. The Morgan fingerprint density at radius 2 is 2.12 bits per heavy atom. The Morgan fingerprint density at radius 3 is 2.85 bits per heavy atom. The van der Waals surface area contributed by atoms with Crippen molar-refractivity contribution in [3.63, 3.8) is 0 Å². The summed E-state index contributed by atoms with van der Waals surface area (Å²) in [5.74, 6) is 0.794. The smallest absolute Gasteiger partial charge is 0.319 e. The number of tetrazole rings is 1. The number of aryl methyl sites for hydroxylation is 2. The van der Waals surface area contributed by atoms with Gasteiger partial charge in [-0.05, 0) is 91.4 Å². The van der Waals surface area contributed by atoms with Crippen LogP contribution in [0.2, 0.25) is 0 Å². The number of amides is 2. The van der Waals surface area contributed by atoms with Crippen LogP contribution in [-0.2, 0) is 13.5 Å². The van der Waals surface area contributed by atoms with Crippen molar-refractivity contribution in [2.75, 3.05) is 18.4 Å². The van der Waals surface area contributed by atoms with E-state index in [1.807, 2.05) is 36.4 Å². The summed E-state index contributed by atoms with van der Waals surface area (Å²) in [6.45, 7) is 1.92. The summed E-state index contributed by atoms with van der Waals surface area (Å²) >= 11 is 0.